The first-order valence-corrected chi connectivity index (χ1v) is 12.5. The van der Waals surface area contributed by atoms with E-state index in [9.17, 15) is 9.59 Å². The van der Waals surface area contributed by atoms with Crippen molar-refractivity contribution < 1.29 is 28.6 Å². The summed E-state index contributed by atoms with van der Waals surface area (Å²) < 4.78 is 15.8. The Balaban J connectivity index is 1.03. The van der Waals surface area contributed by atoms with Crippen LogP contribution in [-0.4, -0.2) is 48.2 Å². The summed E-state index contributed by atoms with van der Waals surface area (Å²) in [4.78, 5) is 32.3. The van der Waals surface area contributed by atoms with Crippen molar-refractivity contribution in [3.05, 3.63) is 77.0 Å². The minimum atomic E-state index is -0.727. The molecule has 2 fully saturated rings. The average Bonchev–Trinajstić information content (AvgIpc) is 3.43. The van der Waals surface area contributed by atoms with Crippen molar-refractivity contribution in [2.75, 3.05) is 6.54 Å². The van der Waals surface area contributed by atoms with Gasteiger partial charge in [-0.25, -0.2) is 15.1 Å². The van der Waals surface area contributed by atoms with Gasteiger partial charge in [0.05, 0.1) is 6.10 Å². The van der Waals surface area contributed by atoms with E-state index in [1.165, 1.54) is 33.8 Å². The van der Waals surface area contributed by atoms with Crippen molar-refractivity contribution in [1.29, 1.82) is 0 Å². The highest BCUT2D eigenvalue weighted by atomic mass is 16.8. The van der Waals surface area contributed by atoms with Gasteiger partial charge in [0, 0.05) is 35.6 Å². The fourth-order valence-electron chi connectivity index (χ4n) is 4.80. The molecule has 0 spiro atoms. The molecule has 5 rings (SSSR count). The number of hydrogen-bond donors (Lipinski definition) is 3. The van der Waals surface area contributed by atoms with Crippen molar-refractivity contribution >= 4 is 29.0 Å². The van der Waals surface area contributed by atoms with Crippen LogP contribution in [0.3, 0.4) is 0 Å². The number of rotatable bonds is 9. The molecule has 1 amide bonds. The van der Waals surface area contributed by atoms with Gasteiger partial charge in [-0.1, -0.05) is 42.5 Å². The molecule has 194 valence electrons. The monoisotopic (exact) mass is 505 g/mol. The van der Waals surface area contributed by atoms with Gasteiger partial charge in [-0.3, -0.25) is 4.79 Å². The van der Waals surface area contributed by atoms with Crippen LogP contribution in [0.4, 0.5) is 4.79 Å². The number of hydrogen-bond acceptors (Lipinski definition) is 7. The largest absolute Gasteiger partial charge is 0.509 e. The molecule has 3 N–H and O–H groups in total. The number of aromatic amines is 1. The summed E-state index contributed by atoms with van der Waals surface area (Å²) in [6, 6.07) is 16.4. The molecule has 9 heteroatoms. The van der Waals surface area contributed by atoms with Crippen LogP contribution >= 0.6 is 0 Å². The van der Waals surface area contributed by atoms with E-state index in [4.69, 9.17) is 19.0 Å². The molecule has 0 saturated carbocycles. The van der Waals surface area contributed by atoms with E-state index in [2.05, 4.69) is 40.9 Å². The van der Waals surface area contributed by atoms with E-state index >= 15 is 0 Å². The molecule has 1 unspecified atom stereocenters. The van der Waals surface area contributed by atoms with Gasteiger partial charge in [-0.2, -0.15) is 0 Å². The summed E-state index contributed by atoms with van der Waals surface area (Å²) in [5, 5.41) is 4.80. The third kappa shape index (κ3) is 6.02. The number of H-pyrrole nitrogens is 1. The first kappa shape index (κ1) is 25.0. The highest BCUT2D eigenvalue weighted by Crippen LogP contribution is 2.30. The Kier molecular flexibility index (Phi) is 7.55. The van der Waals surface area contributed by atoms with Gasteiger partial charge in [-0.05, 0) is 55.6 Å². The zero-order valence-electron chi connectivity index (χ0n) is 20.9. The fourth-order valence-corrected chi connectivity index (χ4v) is 4.80. The zero-order chi connectivity index (χ0) is 25.8. The summed E-state index contributed by atoms with van der Waals surface area (Å²) in [6.45, 7) is 5.53. The third-order valence-electron chi connectivity index (χ3n) is 6.71. The Morgan fingerprint density at radius 3 is 2.81 bits per heavy atom. The van der Waals surface area contributed by atoms with Crippen molar-refractivity contribution in [3.63, 3.8) is 0 Å². The first-order valence-electron chi connectivity index (χ1n) is 12.5. The van der Waals surface area contributed by atoms with Crippen LogP contribution in [0, 0.1) is 6.92 Å². The van der Waals surface area contributed by atoms with Crippen LogP contribution in [0.15, 0.2) is 54.6 Å². The minimum Gasteiger partial charge on any atom is -0.427 e. The third-order valence-corrected chi connectivity index (χ3v) is 6.71. The summed E-state index contributed by atoms with van der Waals surface area (Å²) in [7, 11) is 0. The molecule has 3 heterocycles. The summed E-state index contributed by atoms with van der Waals surface area (Å²) >= 11 is 0. The standard InChI is InChI=1S/C28H31N3O6/c1-17-21(22-5-3-4-6-23(22)30-17)13-14-29-16-20-9-7-19(8-10-20)11-12-25(32)31-37-26-15-24-27(18(2)34-26)36-28(33)35-24/h3-12,18,24,26-27,29-30H,13-16H2,1-2H3,(H,31,32)/b12-11+/t18-,24-,26?,27+/m0/s1. The van der Waals surface area contributed by atoms with E-state index in [0.717, 1.165) is 25.1 Å². The molecule has 3 aromatic rings. The van der Waals surface area contributed by atoms with Crippen LogP contribution < -0.4 is 10.8 Å². The van der Waals surface area contributed by atoms with Gasteiger partial charge in [0.1, 0.15) is 6.10 Å². The molecule has 37 heavy (non-hydrogen) atoms. The lowest BCUT2D eigenvalue weighted by molar-refractivity contribution is -0.245. The molecular weight excluding hydrogens is 474 g/mol. The molecule has 2 aromatic carbocycles. The molecular formula is C28H31N3O6. The van der Waals surface area contributed by atoms with Crippen LogP contribution in [0.2, 0.25) is 0 Å². The Labute approximate surface area is 215 Å². The molecule has 2 saturated heterocycles. The lowest BCUT2D eigenvalue weighted by atomic mass is 10.0. The lowest BCUT2D eigenvalue weighted by Gasteiger charge is -2.32. The van der Waals surface area contributed by atoms with Gasteiger partial charge in [0.2, 0.25) is 0 Å². The molecule has 4 atom stereocenters. The van der Waals surface area contributed by atoms with Gasteiger partial charge < -0.3 is 24.5 Å². The number of aryl methyl sites for hydroxylation is 1. The van der Waals surface area contributed by atoms with E-state index in [-0.39, 0.29) is 6.42 Å². The number of benzene rings is 2. The zero-order valence-corrected chi connectivity index (χ0v) is 20.9. The SMILES string of the molecule is Cc1[nH]c2ccccc2c1CCNCc1ccc(/C=C/C(=O)NOC2C[C@@H]3OC(=O)O[C@@H]3[C@H](C)O2)cc1. The Bertz CT molecular complexity index is 1280. The van der Waals surface area contributed by atoms with Gasteiger partial charge in [0.25, 0.3) is 5.91 Å². The first-order chi connectivity index (χ1) is 18.0. The summed E-state index contributed by atoms with van der Waals surface area (Å²) in [6.07, 6.45) is 1.61. The second kappa shape index (κ2) is 11.2. The van der Waals surface area contributed by atoms with Gasteiger partial charge in [-0.15, -0.1) is 0 Å². The van der Waals surface area contributed by atoms with Crippen LogP contribution in [0.25, 0.3) is 17.0 Å². The highest BCUT2D eigenvalue weighted by molar-refractivity contribution is 5.91. The van der Waals surface area contributed by atoms with Crippen LogP contribution in [0.1, 0.15) is 35.7 Å². The molecule has 1 aromatic heterocycles. The molecule has 2 aliphatic rings. The van der Waals surface area contributed by atoms with E-state index < -0.39 is 36.7 Å². The number of carbonyl (C=O) groups excluding carboxylic acids is 2. The smallest absolute Gasteiger partial charge is 0.427 e. The molecule has 0 radical (unpaired) electrons. The van der Waals surface area contributed by atoms with Crippen LogP contribution in [0.5, 0.6) is 0 Å². The maximum absolute atomic E-state index is 12.2. The van der Waals surface area contributed by atoms with Crippen molar-refractivity contribution in [2.24, 2.45) is 0 Å². The maximum atomic E-state index is 12.2. The number of fused-ring (bicyclic) bond motifs is 2. The predicted molar refractivity (Wildman–Crippen MR) is 137 cm³/mol. The topological polar surface area (TPSA) is 111 Å². The lowest BCUT2D eigenvalue weighted by Crippen LogP contribution is -2.47. The summed E-state index contributed by atoms with van der Waals surface area (Å²) in [5.74, 6) is -0.420. The normalized spacial score (nSPS) is 23.1. The Morgan fingerprint density at radius 2 is 1.97 bits per heavy atom. The number of amides is 1. The quantitative estimate of drug-likeness (QED) is 0.175. The molecule has 9 nitrogen and oxygen atoms in total. The second-order valence-electron chi connectivity index (χ2n) is 9.36. The Morgan fingerprint density at radius 1 is 1.16 bits per heavy atom. The number of hydroxylamine groups is 1. The van der Waals surface area contributed by atoms with Crippen LogP contribution in [-0.2, 0) is 36.8 Å². The maximum Gasteiger partial charge on any atom is 0.509 e. The highest BCUT2D eigenvalue weighted by Gasteiger charge is 2.47. The minimum absolute atomic E-state index is 0.279. The van der Waals surface area contributed by atoms with Gasteiger partial charge >= 0.3 is 6.16 Å². The number of ether oxygens (including phenoxy) is 3. The van der Waals surface area contributed by atoms with E-state index in [1.807, 2.05) is 30.3 Å². The van der Waals surface area contributed by atoms with Gasteiger partial charge in [0.15, 0.2) is 12.4 Å². The fraction of sp³-hybridized carbons (Fsp3) is 0.357. The number of nitrogens with one attached hydrogen (secondary N) is 3. The molecule has 0 bridgehead atoms. The van der Waals surface area contributed by atoms with E-state index in [0.29, 0.717) is 0 Å². The van der Waals surface area contributed by atoms with Crippen molar-refractivity contribution in [2.45, 2.75) is 57.8 Å². The second-order valence-corrected chi connectivity index (χ2v) is 9.36. The predicted octanol–water partition coefficient (Wildman–Crippen LogP) is 3.91. The Hall–Kier alpha value is -3.66. The number of aromatic nitrogens is 1. The summed E-state index contributed by atoms with van der Waals surface area (Å²) in [5.41, 5.74) is 8.18. The number of carbonyl (C=O) groups is 2. The molecule has 2 aliphatic heterocycles. The average molecular weight is 506 g/mol. The molecule has 0 aliphatic carbocycles. The van der Waals surface area contributed by atoms with Crippen molar-refractivity contribution in [1.82, 2.24) is 15.8 Å². The number of para-hydroxylation sites is 1. The van der Waals surface area contributed by atoms with Crippen molar-refractivity contribution in [3.8, 4) is 0 Å². The van der Waals surface area contributed by atoms with E-state index in [1.54, 1.807) is 13.0 Å².